The molecule has 2 heterocycles. The van der Waals surface area contributed by atoms with Gasteiger partial charge in [0, 0.05) is 24.9 Å². The molecule has 0 N–H and O–H groups in total. The third kappa shape index (κ3) is 6.44. The average Bonchev–Trinajstić information content (AvgIpc) is 3.05. The highest BCUT2D eigenvalue weighted by molar-refractivity contribution is 7.91. The van der Waals surface area contributed by atoms with E-state index in [0.717, 1.165) is 50.0 Å². The number of amides is 1. The third-order valence-corrected chi connectivity index (χ3v) is 10.2. The van der Waals surface area contributed by atoms with Crippen LogP contribution in [0.3, 0.4) is 0 Å². The van der Waals surface area contributed by atoms with Crippen molar-refractivity contribution in [2.75, 3.05) is 39.0 Å². The number of piperidine rings is 1. The second-order valence-electron chi connectivity index (χ2n) is 11.4. The number of likely N-dealkylation sites (tertiary alicyclic amines) is 1. The summed E-state index contributed by atoms with van der Waals surface area (Å²) in [6, 6.07) is 13.1. The monoisotopic (exact) mass is 566 g/mol. The molecule has 0 aromatic heterocycles. The van der Waals surface area contributed by atoms with E-state index in [1.54, 1.807) is 24.1 Å². The van der Waals surface area contributed by atoms with Crippen molar-refractivity contribution in [1.82, 2.24) is 9.80 Å². The molecule has 1 atom stereocenters. The highest BCUT2D eigenvalue weighted by Gasteiger charge is 2.48. The quantitative estimate of drug-likeness (QED) is 0.419. The number of ether oxygens (including phenoxy) is 1. The Morgan fingerprint density at radius 1 is 1.11 bits per heavy atom. The minimum absolute atomic E-state index is 0.0377. The van der Waals surface area contributed by atoms with Crippen LogP contribution in [0, 0.1) is 0 Å². The van der Waals surface area contributed by atoms with Crippen LogP contribution >= 0.6 is 23.2 Å². The minimum Gasteiger partial charge on any atom is -0.444 e. The van der Waals surface area contributed by atoms with Gasteiger partial charge in [0.2, 0.25) is 0 Å². The summed E-state index contributed by atoms with van der Waals surface area (Å²) in [7, 11) is -1.48. The van der Waals surface area contributed by atoms with Gasteiger partial charge in [-0.25, -0.2) is 13.2 Å². The summed E-state index contributed by atoms with van der Waals surface area (Å²) in [6.45, 7) is 8.54. The predicted octanol–water partition coefficient (Wildman–Crippen LogP) is 6.16. The molecule has 4 rings (SSSR count). The van der Waals surface area contributed by atoms with E-state index in [9.17, 15) is 13.2 Å². The molecule has 2 aromatic carbocycles. The van der Waals surface area contributed by atoms with E-state index < -0.39 is 15.4 Å². The number of sulfone groups is 1. The molecular formula is C28H36Cl2N2O4S. The van der Waals surface area contributed by atoms with Crippen LogP contribution in [-0.4, -0.2) is 68.9 Å². The van der Waals surface area contributed by atoms with E-state index in [1.165, 1.54) is 0 Å². The zero-order valence-electron chi connectivity index (χ0n) is 22.0. The van der Waals surface area contributed by atoms with Gasteiger partial charge in [0.05, 0.1) is 20.7 Å². The fourth-order valence-corrected chi connectivity index (χ4v) is 8.07. The van der Waals surface area contributed by atoms with Gasteiger partial charge in [0.1, 0.15) is 5.60 Å². The Kier molecular flexibility index (Phi) is 8.20. The summed E-state index contributed by atoms with van der Waals surface area (Å²) < 4.78 is 31.2. The zero-order chi connectivity index (χ0) is 27.0. The fraction of sp³-hybridized carbons (Fsp3) is 0.536. The Labute approximate surface area is 230 Å². The molecule has 202 valence electrons. The lowest BCUT2D eigenvalue weighted by Gasteiger charge is -2.40. The van der Waals surface area contributed by atoms with Gasteiger partial charge in [-0.15, -0.1) is 0 Å². The van der Waals surface area contributed by atoms with Crippen LogP contribution in [0.5, 0.6) is 0 Å². The molecule has 2 aromatic rings. The molecule has 0 aliphatic carbocycles. The van der Waals surface area contributed by atoms with Gasteiger partial charge in [-0.2, -0.15) is 0 Å². The van der Waals surface area contributed by atoms with Crippen LogP contribution in [0.4, 0.5) is 4.79 Å². The first-order valence-corrected chi connectivity index (χ1v) is 15.1. The first-order valence-electron chi connectivity index (χ1n) is 12.7. The zero-order valence-corrected chi connectivity index (χ0v) is 24.3. The summed E-state index contributed by atoms with van der Waals surface area (Å²) in [6.07, 6.45) is 2.09. The number of hydrogen-bond donors (Lipinski definition) is 0. The van der Waals surface area contributed by atoms with E-state index in [-0.39, 0.29) is 23.2 Å². The van der Waals surface area contributed by atoms with E-state index in [4.69, 9.17) is 27.9 Å². The molecule has 6 nitrogen and oxygen atoms in total. The van der Waals surface area contributed by atoms with Crippen LogP contribution in [0.25, 0.3) is 0 Å². The van der Waals surface area contributed by atoms with E-state index >= 15 is 0 Å². The molecule has 37 heavy (non-hydrogen) atoms. The average molecular weight is 568 g/mol. The maximum atomic E-state index is 12.8. The maximum Gasteiger partial charge on any atom is 0.410 e. The van der Waals surface area contributed by atoms with Gasteiger partial charge in [-0.3, -0.25) is 0 Å². The highest BCUT2D eigenvalue weighted by Crippen LogP contribution is 2.46. The predicted molar refractivity (Wildman–Crippen MR) is 149 cm³/mol. The summed E-state index contributed by atoms with van der Waals surface area (Å²) in [5, 5.41) is 0.989. The Hall–Kier alpha value is -1.80. The van der Waals surface area contributed by atoms with Gasteiger partial charge in [0.15, 0.2) is 9.84 Å². The first-order chi connectivity index (χ1) is 17.3. The molecule has 1 spiro atoms. The molecule has 1 saturated heterocycles. The molecule has 1 amide bonds. The number of benzene rings is 2. The van der Waals surface area contributed by atoms with Gasteiger partial charge >= 0.3 is 6.09 Å². The lowest BCUT2D eigenvalue weighted by atomic mass is 9.74. The summed E-state index contributed by atoms with van der Waals surface area (Å²) in [5.74, 6) is 0.246. The number of carbonyl (C=O) groups is 1. The van der Waals surface area contributed by atoms with Crippen molar-refractivity contribution >= 4 is 39.1 Å². The second kappa shape index (κ2) is 10.8. The molecule has 0 saturated carbocycles. The summed E-state index contributed by atoms with van der Waals surface area (Å²) in [4.78, 5) is 17.2. The molecule has 2 aliphatic rings. The van der Waals surface area contributed by atoms with Crippen LogP contribution < -0.4 is 0 Å². The molecule has 0 unspecified atom stereocenters. The number of carbonyl (C=O) groups excluding carboxylic acids is 1. The largest absolute Gasteiger partial charge is 0.444 e. The van der Waals surface area contributed by atoms with E-state index in [2.05, 4.69) is 4.90 Å². The number of fused-ring (bicyclic) bond motifs is 2. The normalized spacial score (nSPS) is 19.4. The first kappa shape index (κ1) is 28.2. The molecule has 1 fully saturated rings. The molecule has 0 radical (unpaired) electrons. The van der Waals surface area contributed by atoms with Crippen molar-refractivity contribution in [3.05, 3.63) is 63.6 Å². The molecular weight excluding hydrogens is 531 g/mol. The topological polar surface area (TPSA) is 66.9 Å². The number of nitrogens with zero attached hydrogens (tertiary/aromatic N) is 2. The minimum atomic E-state index is -3.23. The smallest absolute Gasteiger partial charge is 0.410 e. The van der Waals surface area contributed by atoms with Crippen molar-refractivity contribution in [1.29, 1.82) is 0 Å². The van der Waals surface area contributed by atoms with E-state index in [1.807, 2.05) is 51.1 Å². The van der Waals surface area contributed by atoms with Crippen molar-refractivity contribution in [3.8, 4) is 0 Å². The van der Waals surface area contributed by atoms with Gasteiger partial charge in [0.25, 0.3) is 0 Å². The number of hydrogen-bond acceptors (Lipinski definition) is 5. The maximum absolute atomic E-state index is 12.8. The Morgan fingerprint density at radius 3 is 2.43 bits per heavy atom. The van der Waals surface area contributed by atoms with Crippen molar-refractivity contribution in [2.45, 2.75) is 61.9 Å². The van der Waals surface area contributed by atoms with Crippen molar-refractivity contribution in [2.24, 2.45) is 0 Å². The Balaban J connectivity index is 1.43. The van der Waals surface area contributed by atoms with Gasteiger partial charge in [-0.05, 0) is 89.0 Å². The number of rotatable bonds is 6. The van der Waals surface area contributed by atoms with Crippen LogP contribution in [0.15, 0.2) is 47.4 Å². The van der Waals surface area contributed by atoms with Crippen LogP contribution in [0.1, 0.15) is 57.1 Å². The van der Waals surface area contributed by atoms with Crippen molar-refractivity contribution in [3.63, 3.8) is 0 Å². The fourth-order valence-electron chi connectivity index (χ4n) is 5.53. The summed E-state index contributed by atoms with van der Waals surface area (Å²) >= 11 is 12.5. The standard InChI is InChI=1S/C28H36Cl2N2O4S/c1-27(2,3)36-26(33)31(4)18-21(20-9-10-23(29)24(30)17-20)11-14-32-15-12-28(13-16-32)19-37(34,35)25-8-6-5-7-22(25)28/h5-10,17,21H,11-16,18-19H2,1-4H3/t21-/m1/s1. The lowest BCUT2D eigenvalue weighted by Crippen LogP contribution is -2.44. The third-order valence-electron chi connectivity index (χ3n) is 7.48. The number of likely N-dealkylation sites (N-methyl/N-ethyl adjacent to an activating group) is 1. The van der Waals surface area contributed by atoms with Crippen LogP contribution in [-0.2, 0) is 20.0 Å². The van der Waals surface area contributed by atoms with Crippen LogP contribution in [0.2, 0.25) is 10.0 Å². The number of halogens is 2. The molecule has 0 bridgehead atoms. The SMILES string of the molecule is CN(C[C@@H](CCN1CCC2(CC1)CS(=O)(=O)c1ccccc12)c1ccc(Cl)c(Cl)c1)C(=O)OC(C)(C)C. The van der Waals surface area contributed by atoms with Gasteiger partial charge in [-0.1, -0.05) is 47.5 Å². The Morgan fingerprint density at radius 2 is 1.78 bits per heavy atom. The lowest BCUT2D eigenvalue weighted by molar-refractivity contribution is 0.0284. The van der Waals surface area contributed by atoms with Crippen molar-refractivity contribution < 1.29 is 17.9 Å². The highest BCUT2D eigenvalue weighted by atomic mass is 35.5. The summed E-state index contributed by atoms with van der Waals surface area (Å²) in [5.41, 5.74) is 1.16. The van der Waals surface area contributed by atoms with Gasteiger partial charge < -0.3 is 14.5 Å². The Bertz CT molecular complexity index is 1250. The van der Waals surface area contributed by atoms with E-state index in [0.29, 0.717) is 21.5 Å². The molecule has 2 aliphatic heterocycles. The molecule has 9 heteroatoms. The second-order valence-corrected chi connectivity index (χ2v) is 14.2.